The Morgan fingerprint density at radius 3 is 2.69 bits per heavy atom. The lowest BCUT2D eigenvalue weighted by atomic mass is 10.1. The molecule has 3 heteroatoms. The van der Waals surface area contributed by atoms with E-state index in [2.05, 4.69) is 13.8 Å². The fraction of sp³-hybridized carbons (Fsp3) is 0.538. The fourth-order valence-corrected chi connectivity index (χ4v) is 1.65. The van der Waals surface area contributed by atoms with Crippen molar-refractivity contribution in [2.45, 2.75) is 26.4 Å². The van der Waals surface area contributed by atoms with E-state index in [4.69, 9.17) is 22.1 Å². The summed E-state index contributed by atoms with van der Waals surface area (Å²) in [6.45, 7) is 5.59. The van der Waals surface area contributed by atoms with E-state index < -0.39 is 0 Å². The summed E-state index contributed by atoms with van der Waals surface area (Å²) in [4.78, 5) is 0. The van der Waals surface area contributed by atoms with Crippen molar-refractivity contribution in [3.05, 3.63) is 34.9 Å². The molecule has 1 aromatic carbocycles. The third-order valence-corrected chi connectivity index (χ3v) is 2.68. The quantitative estimate of drug-likeness (QED) is 0.829. The lowest BCUT2D eigenvalue weighted by molar-refractivity contribution is 0.0515. The van der Waals surface area contributed by atoms with Gasteiger partial charge in [0.05, 0.1) is 6.10 Å². The highest BCUT2D eigenvalue weighted by atomic mass is 35.5. The number of ether oxygens (including phenoxy) is 1. The highest BCUT2D eigenvalue weighted by molar-refractivity contribution is 6.30. The van der Waals surface area contributed by atoms with E-state index in [1.54, 1.807) is 0 Å². The van der Waals surface area contributed by atoms with Crippen molar-refractivity contribution in [3.8, 4) is 0 Å². The lowest BCUT2D eigenvalue weighted by Crippen LogP contribution is -2.17. The van der Waals surface area contributed by atoms with Gasteiger partial charge in [-0.15, -0.1) is 0 Å². The summed E-state index contributed by atoms with van der Waals surface area (Å²) in [6, 6.07) is 7.69. The van der Waals surface area contributed by atoms with Crippen LogP contribution in [-0.4, -0.2) is 13.2 Å². The Balaban J connectivity index is 2.53. The topological polar surface area (TPSA) is 35.2 Å². The van der Waals surface area contributed by atoms with Gasteiger partial charge in [-0.05, 0) is 30.0 Å². The maximum Gasteiger partial charge on any atom is 0.0947 e. The standard InChI is InChI=1S/C13H20ClNO/c1-10(2)6-7-16-13(9-15)11-4-3-5-12(14)8-11/h3-5,8,10,13H,6-7,9,15H2,1-2H3. The normalized spacial score (nSPS) is 13.1. The van der Waals surface area contributed by atoms with Gasteiger partial charge in [0.1, 0.15) is 0 Å². The molecule has 0 aliphatic carbocycles. The van der Waals surface area contributed by atoms with E-state index in [-0.39, 0.29) is 6.10 Å². The molecule has 1 atom stereocenters. The average molecular weight is 242 g/mol. The number of rotatable bonds is 6. The second-order valence-corrected chi connectivity index (χ2v) is 4.77. The number of benzene rings is 1. The zero-order valence-electron chi connectivity index (χ0n) is 9.95. The third-order valence-electron chi connectivity index (χ3n) is 2.45. The molecule has 0 aromatic heterocycles. The number of nitrogens with two attached hydrogens (primary N) is 1. The van der Waals surface area contributed by atoms with E-state index in [9.17, 15) is 0 Å². The summed E-state index contributed by atoms with van der Waals surface area (Å²) in [6.07, 6.45) is 1.01. The van der Waals surface area contributed by atoms with Crippen LogP contribution < -0.4 is 5.73 Å². The van der Waals surface area contributed by atoms with Gasteiger partial charge < -0.3 is 10.5 Å². The fourth-order valence-electron chi connectivity index (χ4n) is 1.45. The predicted molar refractivity (Wildman–Crippen MR) is 68.7 cm³/mol. The molecule has 0 saturated heterocycles. The largest absolute Gasteiger partial charge is 0.372 e. The second kappa shape index (κ2) is 6.89. The minimum atomic E-state index is -0.0440. The minimum Gasteiger partial charge on any atom is -0.372 e. The molecular weight excluding hydrogens is 222 g/mol. The Labute approximate surface area is 103 Å². The summed E-state index contributed by atoms with van der Waals surface area (Å²) >= 11 is 5.93. The van der Waals surface area contributed by atoms with Crippen LogP contribution in [0.15, 0.2) is 24.3 Å². The van der Waals surface area contributed by atoms with Gasteiger partial charge in [0.2, 0.25) is 0 Å². The summed E-state index contributed by atoms with van der Waals surface area (Å²) in [5, 5.41) is 0.725. The second-order valence-electron chi connectivity index (χ2n) is 4.33. The van der Waals surface area contributed by atoms with Crippen molar-refractivity contribution in [3.63, 3.8) is 0 Å². The number of hydrogen-bond donors (Lipinski definition) is 1. The molecule has 0 radical (unpaired) electrons. The Morgan fingerprint density at radius 2 is 2.12 bits per heavy atom. The monoisotopic (exact) mass is 241 g/mol. The van der Waals surface area contributed by atoms with Gasteiger partial charge in [-0.2, -0.15) is 0 Å². The molecule has 2 nitrogen and oxygen atoms in total. The summed E-state index contributed by atoms with van der Waals surface area (Å²) in [5.74, 6) is 0.651. The maximum absolute atomic E-state index is 5.93. The van der Waals surface area contributed by atoms with Crippen LogP contribution in [0.25, 0.3) is 0 Å². The molecule has 2 N–H and O–H groups in total. The molecule has 0 aliphatic rings. The number of hydrogen-bond acceptors (Lipinski definition) is 2. The molecular formula is C13H20ClNO. The van der Waals surface area contributed by atoms with Crippen molar-refractivity contribution in [1.82, 2.24) is 0 Å². The van der Waals surface area contributed by atoms with Crippen LogP contribution in [0.4, 0.5) is 0 Å². The molecule has 0 spiro atoms. The van der Waals surface area contributed by atoms with Gasteiger partial charge in [0.25, 0.3) is 0 Å². The lowest BCUT2D eigenvalue weighted by Gasteiger charge is -2.17. The van der Waals surface area contributed by atoms with Crippen molar-refractivity contribution >= 4 is 11.6 Å². The molecule has 90 valence electrons. The van der Waals surface area contributed by atoms with Crippen LogP contribution >= 0.6 is 11.6 Å². The van der Waals surface area contributed by atoms with Gasteiger partial charge >= 0.3 is 0 Å². The highest BCUT2D eigenvalue weighted by Crippen LogP contribution is 2.20. The first-order valence-corrected chi connectivity index (χ1v) is 6.08. The van der Waals surface area contributed by atoms with Crippen LogP contribution in [0.5, 0.6) is 0 Å². The molecule has 0 aliphatic heterocycles. The van der Waals surface area contributed by atoms with Gasteiger partial charge in [0.15, 0.2) is 0 Å². The summed E-state index contributed by atoms with van der Waals surface area (Å²) in [7, 11) is 0. The molecule has 0 amide bonds. The Bertz CT molecular complexity index is 315. The van der Waals surface area contributed by atoms with Crippen LogP contribution in [0.2, 0.25) is 5.02 Å². The van der Waals surface area contributed by atoms with Crippen LogP contribution in [0.3, 0.4) is 0 Å². The molecule has 16 heavy (non-hydrogen) atoms. The zero-order valence-corrected chi connectivity index (χ0v) is 10.7. The third kappa shape index (κ3) is 4.52. The van der Waals surface area contributed by atoms with Crippen molar-refractivity contribution in [2.24, 2.45) is 11.7 Å². The zero-order chi connectivity index (χ0) is 12.0. The molecule has 0 saturated carbocycles. The van der Waals surface area contributed by atoms with Crippen molar-refractivity contribution < 1.29 is 4.74 Å². The van der Waals surface area contributed by atoms with Gasteiger partial charge in [-0.3, -0.25) is 0 Å². The Kier molecular flexibility index (Phi) is 5.81. The van der Waals surface area contributed by atoms with E-state index in [0.29, 0.717) is 12.5 Å². The first-order chi connectivity index (χ1) is 7.63. The minimum absolute atomic E-state index is 0.0440. The van der Waals surface area contributed by atoms with Crippen LogP contribution in [-0.2, 0) is 4.74 Å². The molecule has 0 fully saturated rings. The summed E-state index contributed by atoms with van der Waals surface area (Å²) in [5.41, 5.74) is 6.76. The molecule has 0 heterocycles. The maximum atomic E-state index is 5.93. The SMILES string of the molecule is CC(C)CCOC(CN)c1cccc(Cl)c1. The molecule has 0 bridgehead atoms. The van der Waals surface area contributed by atoms with Gasteiger partial charge in [-0.1, -0.05) is 37.6 Å². The van der Waals surface area contributed by atoms with Gasteiger partial charge in [-0.25, -0.2) is 0 Å². The van der Waals surface area contributed by atoms with E-state index in [0.717, 1.165) is 23.6 Å². The molecule has 1 aromatic rings. The first kappa shape index (κ1) is 13.5. The average Bonchev–Trinajstić information content (AvgIpc) is 2.24. The van der Waals surface area contributed by atoms with E-state index in [1.807, 2.05) is 24.3 Å². The highest BCUT2D eigenvalue weighted by Gasteiger charge is 2.10. The van der Waals surface area contributed by atoms with Crippen molar-refractivity contribution in [1.29, 1.82) is 0 Å². The van der Waals surface area contributed by atoms with E-state index >= 15 is 0 Å². The Hall–Kier alpha value is -0.570. The molecule has 1 unspecified atom stereocenters. The van der Waals surface area contributed by atoms with Gasteiger partial charge in [0, 0.05) is 18.2 Å². The smallest absolute Gasteiger partial charge is 0.0947 e. The van der Waals surface area contributed by atoms with Crippen LogP contribution in [0.1, 0.15) is 31.9 Å². The van der Waals surface area contributed by atoms with Crippen LogP contribution in [0, 0.1) is 5.92 Å². The van der Waals surface area contributed by atoms with Crippen molar-refractivity contribution in [2.75, 3.05) is 13.2 Å². The first-order valence-electron chi connectivity index (χ1n) is 5.70. The predicted octanol–water partition coefficient (Wildman–Crippen LogP) is 3.40. The van der Waals surface area contributed by atoms with E-state index in [1.165, 1.54) is 0 Å². The molecule has 1 rings (SSSR count). The number of halogens is 1. The summed E-state index contributed by atoms with van der Waals surface area (Å²) < 4.78 is 5.76. The Morgan fingerprint density at radius 1 is 1.38 bits per heavy atom.